The van der Waals surface area contributed by atoms with Gasteiger partial charge in [0.2, 0.25) is 0 Å². The summed E-state index contributed by atoms with van der Waals surface area (Å²) in [5.41, 5.74) is 1.64. The number of allylic oxidation sites excluding steroid dienone is 1. The standard InChI is InChI=1S/C12H12O2/c13-8-4-7-12(10-14)9-11-5-2-1-3-6-11/h1-3,5-6,8-10H,4,7H2/b12-9+. The van der Waals surface area contributed by atoms with Crippen LogP contribution in [0.15, 0.2) is 35.9 Å². The topological polar surface area (TPSA) is 34.1 Å². The second-order valence-electron chi connectivity index (χ2n) is 2.95. The van der Waals surface area contributed by atoms with Crippen LogP contribution in [-0.2, 0) is 9.59 Å². The highest BCUT2D eigenvalue weighted by atomic mass is 16.1. The molecule has 1 aromatic carbocycles. The van der Waals surface area contributed by atoms with E-state index in [2.05, 4.69) is 0 Å². The molecular formula is C12H12O2. The Morgan fingerprint density at radius 3 is 2.43 bits per heavy atom. The number of rotatable bonds is 5. The lowest BCUT2D eigenvalue weighted by Crippen LogP contribution is -1.86. The maximum absolute atomic E-state index is 10.6. The van der Waals surface area contributed by atoms with E-state index in [1.165, 1.54) is 0 Å². The molecule has 0 aliphatic rings. The number of hydrogen-bond acceptors (Lipinski definition) is 2. The van der Waals surface area contributed by atoms with E-state index in [9.17, 15) is 9.59 Å². The molecule has 0 aliphatic carbocycles. The van der Waals surface area contributed by atoms with Gasteiger partial charge in [0.05, 0.1) is 0 Å². The van der Waals surface area contributed by atoms with Crippen molar-refractivity contribution in [2.45, 2.75) is 12.8 Å². The average molecular weight is 188 g/mol. The molecule has 2 heteroatoms. The second-order valence-corrected chi connectivity index (χ2v) is 2.95. The van der Waals surface area contributed by atoms with E-state index >= 15 is 0 Å². The van der Waals surface area contributed by atoms with Crippen molar-refractivity contribution >= 4 is 18.6 Å². The van der Waals surface area contributed by atoms with Crippen molar-refractivity contribution in [3.63, 3.8) is 0 Å². The smallest absolute Gasteiger partial charge is 0.146 e. The van der Waals surface area contributed by atoms with Gasteiger partial charge in [-0.3, -0.25) is 4.79 Å². The van der Waals surface area contributed by atoms with Crippen molar-refractivity contribution in [3.05, 3.63) is 41.5 Å². The minimum absolute atomic E-state index is 0.400. The van der Waals surface area contributed by atoms with Gasteiger partial charge < -0.3 is 4.79 Å². The number of aldehydes is 2. The van der Waals surface area contributed by atoms with E-state index in [1.54, 1.807) is 6.08 Å². The number of carbonyl (C=O) groups excluding carboxylic acids is 2. The zero-order valence-corrected chi connectivity index (χ0v) is 7.85. The summed E-state index contributed by atoms with van der Waals surface area (Å²) in [6, 6.07) is 9.58. The van der Waals surface area contributed by atoms with Gasteiger partial charge in [-0.2, -0.15) is 0 Å². The third kappa shape index (κ3) is 3.35. The molecule has 0 atom stereocenters. The summed E-state index contributed by atoms with van der Waals surface area (Å²) < 4.78 is 0. The summed E-state index contributed by atoms with van der Waals surface area (Å²) in [6.07, 6.45) is 4.34. The second kappa shape index (κ2) is 5.86. The molecule has 1 rings (SSSR count). The minimum atomic E-state index is 0.400. The minimum Gasteiger partial charge on any atom is -0.303 e. The normalized spacial score (nSPS) is 11.0. The first-order valence-corrected chi connectivity index (χ1v) is 4.51. The predicted molar refractivity (Wildman–Crippen MR) is 55.8 cm³/mol. The highest BCUT2D eigenvalue weighted by Crippen LogP contribution is 2.08. The van der Waals surface area contributed by atoms with Crippen LogP contribution < -0.4 is 0 Å². The molecule has 72 valence electrons. The zero-order valence-electron chi connectivity index (χ0n) is 7.85. The van der Waals surface area contributed by atoms with Gasteiger partial charge in [0.1, 0.15) is 12.6 Å². The van der Waals surface area contributed by atoms with Crippen LogP contribution in [0.1, 0.15) is 18.4 Å². The van der Waals surface area contributed by atoms with Crippen LogP contribution in [0.5, 0.6) is 0 Å². The first kappa shape index (κ1) is 10.4. The average Bonchev–Trinajstić information content (AvgIpc) is 2.25. The Kier molecular flexibility index (Phi) is 4.35. The summed E-state index contributed by atoms with van der Waals surface area (Å²) >= 11 is 0. The fourth-order valence-corrected chi connectivity index (χ4v) is 1.15. The Morgan fingerprint density at radius 2 is 1.86 bits per heavy atom. The lowest BCUT2D eigenvalue weighted by molar-refractivity contribution is -0.107. The van der Waals surface area contributed by atoms with Crippen molar-refractivity contribution < 1.29 is 9.59 Å². The van der Waals surface area contributed by atoms with E-state index in [-0.39, 0.29) is 0 Å². The SMILES string of the molecule is O=CCC/C(C=O)=C\c1ccccc1. The maximum atomic E-state index is 10.6. The van der Waals surface area contributed by atoms with Gasteiger partial charge in [-0.1, -0.05) is 30.3 Å². The van der Waals surface area contributed by atoms with Crippen molar-refractivity contribution in [2.24, 2.45) is 0 Å². The first-order valence-electron chi connectivity index (χ1n) is 4.51. The van der Waals surface area contributed by atoms with Crippen LogP contribution in [-0.4, -0.2) is 12.6 Å². The summed E-state index contributed by atoms with van der Waals surface area (Å²) in [6.45, 7) is 0. The molecule has 0 aromatic heterocycles. The Bertz CT molecular complexity index is 325. The van der Waals surface area contributed by atoms with Gasteiger partial charge in [-0.15, -0.1) is 0 Å². The monoisotopic (exact) mass is 188 g/mol. The fraction of sp³-hybridized carbons (Fsp3) is 0.167. The van der Waals surface area contributed by atoms with Gasteiger partial charge in [0.15, 0.2) is 0 Å². The van der Waals surface area contributed by atoms with Gasteiger partial charge >= 0.3 is 0 Å². The number of hydrogen-bond donors (Lipinski definition) is 0. The molecule has 0 fully saturated rings. The third-order valence-electron chi connectivity index (χ3n) is 1.85. The third-order valence-corrected chi connectivity index (χ3v) is 1.85. The lowest BCUT2D eigenvalue weighted by atomic mass is 10.1. The Labute approximate surface area is 83.3 Å². The summed E-state index contributed by atoms with van der Waals surface area (Å²) in [5, 5.41) is 0. The number of carbonyl (C=O) groups is 2. The molecule has 0 amide bonds. The van der Waals surface area contributed by atoms with Crippen LogP contribution in [0.3, 0.4) is 0 Å². The van der Waals surface area contributed by atoms with Crippen molar-refractivity contribution in [1.82, 2.24) is 0 Å². The Balaban J connectivity index is 2.73. The molecule has 0 bridgehead atoms. The quantitative estimate of drug-likeness (QED) is 0.524. The van der Waals surface area contributed by atoms with Gasteiger partial charge in [-0.05, 0) is 23.6 Å². The molecule has 0 heterocycles. The highest BCUT2D eigenvalue weighted by molar-refractivity contribution is 5.82. The first-order chi connectivity index (χ1) is 6.86. The van der Waals surface area contributed by atoms with Crippen molar-refractivity contribution in [1.29, 1.82) is 0 Å². The molecule has 14 heavy (non-hydrogen) atoms. The Morgan fingerprint density at radius 1 is 1.14 bits per heavy atom. The van der Waals surface area contributed by atoms with Crippen LogP contribution in [0.2, 0.25) is 0 Å². The lowest BCUT2D eigenvalue weighted by Gasteiger charge is -1.96. The molecule has 2 nitrogen and oxygen atoms in total. The molecule has 0 radical (unpaired) electrons. The molecule has 0 N–H and O–H groups in total. The fourth-order valence-electron chi connectivity index (χ4n) is 1.15. The van der Waals surface area contributed by atoms with Crippen LogP contribution in [0.25, 0.3) is 6.08 Å². The molecule has 1 aromatic rings. The van der Waals surface area contributed by atoms with E-state index in [1.807, 2.05) is 30.3 Å². The molecule has 0 spiro atoms. The van der Waals surface area contributed by atoms with E-state index < -0.39 is 0 Å². The van der Waals surface area contributed by atoms with Crippen LogP contribution >= 0.6 is 0 Å². The summed E-state index contributed by atoms with van der Waals surface area (Å²) in [5.74, 6) is 0. The van der Waals surface area contributed by atoms with Gasteiger partial charge in [0.25, 0.3) is 0 Å². The van der Waals surface area contributed by atoms with Crippen LogP contribution in [0, 0.1) is 0 Å². The molecule has 0 saturated carbocycles. The number of benzene rings is 1. The Hall–Kier alpha value is -1.70. The van der Waals surface area contributed by atoms with Crippen molar-refractivity contribution in [3.8, 4) is 0 Å². The summed E-state index contributed by atoms with van der Waals surface area (Å²) in [4.78, 5) is 20.8. The molecule has 0 saturated heterocycles. The zero-order chi connectivity index (χ0) is 10.2. The van der Waals surface area contributed by atoms with E-state index in [0.29, 0.717) is 18.4 Å². The maximum Gasteiger partial charge on any atom is 0.146 e. The van der Waals surface area contributed by atoms with Crippen molar-refractivity contribution in [2.75, 3.05) is 0 Å². The predicted octanol–water partition coefficient (Wildman–Crippen LogP) is 2.25. The van der Waals surface area contributed by atoms with Gasteiger partial charge in [0, 0.05) is 6.42 Å². The van der Waals surface area contributed by atoms with E-state index in [0.717, 1.165) is 18.1 Å². The summed E-state index contributed by atoms with van der Waals surface area (Å²) in [7, 11) is 0. The molecule has 0 aliphatic heterocycles. The molecule has 0 unspecified atom stereocenters. The largest absolute Gasteiger partial charge is 0.303 e. The highest BCUT2D eigenvalue weighted by Gasteiger charge is 1.95. The van der Waals surface area contributed by atoms with E-state index in [4.69, 9.17) is 0 Å². The molecular weight excluding hydrogens is 176 g/mol. The van der Waals surface area contributed by atoms with Gasteiger partial charge in [-0.25, -0.2) is 0 Å². The van der Waals surface area contributed by atoms with Crippen LogP contribution in [0.4, 0.5) is 0 Å².